The van der Waals surface area contributed by atoms with Crippen molar-refractivity contribution in [2.75, 3.05) is 31.9 Å². The van der Waals surface area contributed by atoms with E-state index in [1.54, 1.807) is 24.3 Å². The second-order valence-corrected chi connectivity index (χ2v) is 11.4. The first-order valence-electron chi connectivity index (χ1n) is 10.5. The minimum absolute atomic E-state index is 0.0616. The molecule has 0 saturated carbocycles. The van der Waals surface area contributed by atoms with Gasteiger partial charge in [0.05, 0.1) is 30.9 Å². The van der Waals surface area contributed by atoms with Crippen LogP contribution in [0.25, 0.3) is 10.9 Å². The number of rotatable bonds is 11. The van der Waals surface area contributed by atoms with E-state index in [1.807, 2.05) is 0 Å². The first kappa shape index (κ1) is 28.3. The molecule has 0 amide bonds. The zero-order valence-corrected chi connectivity index (χ0v) is 22.3. The van der Waals surface area contributed by atoms with Crippen molar-refractivity contribution < 1.29 is 38.3 Å². The Labute approximate surface area is 220 Å². The molecule has 0 spiro atoms. The van der Waals surface area contributed by atoms with Gasteiger partial charge in [-0.1, -0.05) is 11.6 Å². The molecule has 5 N–H and O–H groups in total. The number of aliphatic hydroxyl groups is 4. The molecule has 0 bridgehead atoms. The first-order chi connectivity index (χ1) is 17.0. The van der Waals surface area contributed by atoms with Crippen molar-refractivity contribution in [2.24, 2.45) is 0 Å². The van der Waals surface area contributed by atoms with Crippen LogP contribution in [0.15, 0.2) is 41.1 Å². The number of fused-ring (bicyclic) bond motifs is 1. The highest BCUT2D eigenvalue weighted by atomic mass is 79.9. The van der Waals surface area contributed by atoms with E-state index >= 15 is 0 Å². The Morgan fingerprint density at radius 3 is 2.39 bits per heavy atom. The van der Waals surface area contributed by atoms with Crippen LogP contribution in [0.3, 0.4) is 0 Å². The molecule has 0 aliphatic rings. The van der Waals surface area contributed by atoms with E-state index in [1.165, 1.54) is 19.5 Å². The molecular formula is C22H25BrClN3O8S. The third-order valence-corrected chi connectivity index (χ3v) is 8.16. The summed E-state index contributed by atoms with van der Waals surface area (Å²) in [4.78, 5) is 8.50. The molecular weight excluding hydrogens is 582 g/mol. The molecule has 0 unspecified atom stereocenters. The van der Waals surface area contributed by atoms with Gasteiger partial charge in [0.25, 0.3) is 0 Å². The number of aliphatic hydroxyl groups excluding tert-OH is 4. The van der Waals surface area contributed by atoms with Crippen LogP contribution in [0.4, 0.5) is 11.5 Å². The van der Waals surface area contributed by atoms with Gasteiger partial charge in [-0.15, -0.1) is 0 Å². The topological polar surface area (TPSA) is 171 Å². The third kappa shape index (κ3) is 6.35. The number of sulfone groups is 1. The fourth-order valence-electron chi connectivity index (χ4n) is 3.44. The van der Waals surface area contributed by atoms with E-state index < -0.39 is 46.6 Å². The summed E-state index contributed by atoms with van der Waals surface area (Å²) in [6.07, 6.45) is -3.09. The van der Waals surface area contributed by atoms with Gasteiger partial charge in [0, 0.05) is 27.9 Å². The summed E-state index contributed by atoms with van der Waals surface area (Å²) in [5.41, 5.74) is 1.09. The van der Waals surface area contributed by atoms with Gasteiger partial charge >= 0.3 is 0 Å². The number of methoxy groups -OCH3 is 1. The van der Waals surface area contributed by atoms with Crippen LogP contribution in [0.5, 0.6) is 11.5 Å². The Morgan fingerprint density at radius 2 is 1.81 bits per heavy atom. The summed E-state index contributed by atoms with van der Waals surface area (Å²) >= 11 is 9.51. The van der Waals surface area contributed by atoms with Crippen LogP contribution in [-0.4, -0.2) is 89.0 Å². The highest BCUT2D eigenvalue weighted by Crippen LogP contribution is 2.36. The van der Waals surface area contributed by atoms with Crippen molar-refractivity contribution in [1.29, 1.82) is 0 Å². The molecule has 14 heteroatoms. The van der Waals surface area contributed by atoms with Crippen LogP contribution >= 0.6 is 27.5 Å². The summed E-state index contributed by atoms with van der Waals surface area (Å²) in [5.74, 6) is 0.694. The molecule has 3 rings (SSSR count). The minimum Gasteiger partial charge on any atom is -0.493 e. The average molecular weight is 607 g/mol. The molecule has 4 atom stereocenters. The van der Waals surface area contributed by atoms with Gasteiger partial charge in [-0.05, 0) is 40.2 Å². The van der Waals surface area contributed by atoms with Crippen molar-refractivity contribution in [3.05, 3.63) is 46.2 Å². The number of hydrogen-bond donors (Lipinski definition) is 5. The number of ether oxygens (including phenoxy) is 2. The molecule has 1 aromatic heterocycles. The molecule has 0 fully saturated rings. The highest BCUT2D eigenvalue weighted by Gasteiger charge is 2.38. The predicted molar refractivity (Wildman–Crippen MR) is 138 cm³/mol. The number of aromatic nitrogens is 2. The fourth-order valence-corrected chi connectivity index (χ4v) is 4.81. The SMILES string of the molecule is COc1cc2c(Nc3ccc(Br)c(Cl)c3)ncnc2cc1O[C@H](CO)[C@H](O)[C@@H](O)[C@@H](CO)S(C)(=O)=O. The van der Waals surface area contributed by atoms with Gasteiger partial charge in [-0.25, -0.2) is 18.4 Å². The highest BCUT2D eigenvalue weighted by molar-refractivity contribution is 9.10. The van der Waals surface area contributed by atoms with Crippen LogP contribution in [-0.2, 0) is 9.84 Å². The van der Waals surface area contributed by atoms with E-state index in [-0.39, 0.29) is 11.5 Å². The molecule has 0 aliphatic carbocycles. The molecule has 11 nitrogen and oxygen atoms in total. The Hall–Kier alpha value is -2.26. The quantitative estimate of drug-likeness (QED) is 0.215. The summed E-state index contributed by atoms with van der Waals surface area (Å²) in [6.45, 7) is -1.70. The van der Waals surface area contributed by atoms with Crippen LogP contribution in [0.1, 0.15) is 0 Å². The normalized spacial score (nSPS) is 15.2. The van der Waals surface area contributed by atoms with Gasteiger partial charge in [0.15, 0.2) is 27.4 Å². The molecule has 0 radical (unpaired) electrons. The molecule has 36 heavy (non-hydrogen) atoms. The smallest absolute Gasteiger partial charge is 0.164 e. The molecule has 0 saturated heterocycles. The Balaban J connectivity index is 1.94. The van der Waals surface area contributed by atoms with E-state index in [0.29, 0.717) is 27.4 Å². The van der Waals surface area contributed by atoms with Crippen LogP contribution in [0.2, 0.25) is 5.02 Å². The number of anilines is 2. The van der Waals surface area contributed by atoms with Crippen molar-refractivity contribution in [1.82, 2.24) is 9.97 Å². The lowest BCUT2D eigenvalue weighted by Crippen LogP contribution is -2.51. The number of halogens is 2. The second-order valence-electron chi connectivity index (χ2n) is 7.87. The first-order valence-corrected chi connectivity index (χ1v) is 13.6. The van der Waals surface area contributed by atoms with Gasteiger partial charge in [0.2, 0.25) is 0 Å². The number of hydrogen-bond acceptors (Lipinski definition) is 11. The van der Waals surface area contributed by atoms with Crippen LogP contribution in [0, 0.1) is 0 Å². The largest absolute Gasteiger partial charge is 0.493 e. The van der Waals surface area contributed by atoms with E-state index in [4.69, 9.17) is 21.1 Å². The number of nitrogens with one attached hydrogen (secondary N) is 1. The zero-order chi connectivity index (χ0) is 26.6. The summed E-state index contributed by atoms with van der Waals surface area (Å²) in [5, 5.41) is 42.6. The maximum absolute atomic E-state index is 11.8. The standard InChI is InChI=1S/C22H25BrClN3O8S/c1-34-16-6-12-15(25-10-26-22(12)27-11-3-4-13(23)14(24)5-11)7-17(16)35-18(8-28)20(30)21(31)19(9-29)36(2,32)33/h3-7,10,18-21,28-31H,8-9H2,1-2H3,(H,25,26,27)/t18-,19-,20+,21+/m1/s1. The van der Waals surface area contributed by atoms with E-state index in [2.05, 4.69) is 31.2 Å². The Kier molecular flexibility index (Phi) is 9.33. The van der Waals surface area contributed by atoms with Crippen molar-refractivity contribution in [2.45, 2.75) is 23.6 Å². The Bertz CT molecular complexity index is 1330. The fraction of sp³-hybridized carbons (Fsp3) is 0.364. The summed E-state index contributed by atoms with van der Waals surface area (Å²) < 4.78 is 35.5. The average Bonchev–Trinajstić information content (AvgIpc) is 2.83. The maximum atomic E-state index is 11.8. The molecule has 0 aliphatic heterocycles. The molecule has 2 aromatic carbocycles. The van der Waals surface area contributed by atoms with E-state index in [0.717, 1.165) is 10.7 Å². The van der Waals surface area contributed by atoms with Crippen LogP contribution < -0.4 is 14.8 Å². The van der Waals surface area contributed by atoms with Crippen molar-refractivity contribution >= 4 is 59.8 Å². The lowest BCUT2D eigenvalue weighted by molar-refractivity contribution is -0.0701. The van der Waals surface area contributed by atoms with Crippen molar-refractivity contribution in [3.63, 3.8) is 0 Å². The number of benzene rings is 2. The lowest BCUT2D eigenvalue weighted by Gasteiger charge is -2.30. The van der Waals surface area contributed by atoms with E-state index in [9.17, 15) is 28.8 Å². The van der Waals surface area contributed by atoms with Gasteiger partial charge in [-0.2, -0.15) is 0 Å². The van der Waals surface area contributed by atoms with Crippen molar-refractivity contribution in [3.8, 4) is 11.5 Å². The third-order valence-electron chi connectivity index (χ3n) is 5.40. The summed E-state index contributed by atoms with van der Waals surface area (Å²) in [6, 6.07) is 8.35. The predicted octanol–water partition coefficient (Wildman–Crippen LogP) is 1.66. The second kappa shape index (κ2) is 11.9. The monoisotopic (exact) mass is 605 g/mol. The van der Waals surface area contributed by atoms with Gasteiger partial charge < -0.3 is 35.2 Å². The minimum atomic E-state index is -3.91. The molecule has 196 valence electrons. The Morgan fingerprint density at radius 1 is 1.08 bits per heavy atom. The summed E-state index contributed by atoms with van der Waals surface area (Å²) in [7, 11) is -2.53. The molecule has 1 heterocycles. The zero-order valence-electron chi connectivity index (χ0n) is 19.2. The van der Waals surface area contributed by atoms with Gasteiger partial charge in [-0.3, -0.25) is 0 Å². The lowest BCUT2D eigenvalue weighted by atomic mass is 10.1. The molecule has 3 aromatic rings. The maximum Gasteiger partial charge on any atom is 0.164 e. The van der Waals surface area contributed by atoms with Gasteiger partial charge in [0.1, 0.15) is 29.6 Å². The number of nitrogens with zero attached hydrogens (tertiary/aromatic N) is 2.